The lowest BCUT2D eigenvalue weighted by molar-refractivity contribution is 0.0979. The molecular formula is C16H10INO3. The molecule has 1 aliphatic rings. The smallest absolute Gasteiger partial charge is 0.231 e. The zero-order valence-electron chi connectivity index (χ0n) is 10.9. The van der Waals surface area contributed by atoms with Gasteiger partial charge in [-0.1, -0.05) is 18.2 Å². The fraction of sp³-hybridized carbons (Fsp3) is 0.125. The number of fused-ring (bicyclic) bond motifs is 1. The van der Waals surface area contributed by atoms with Crippen molar-refractivity contribution in [2.24, 2.45) is 0 Å². The van der Waals surface area contributed by atoms with E-state index in [-0.39, 0.29) is 12.6 Å². The van der Waals surface area contributed by atoms with Crippen molar-refractivity contribution < 1.29 is 14.3 Å². The van der Waals surface area contributed by atoms with Gasteiger partial charge in [0.05, 0.1) is 6.07 Å². The monoisotopic (exact) mass is 391 g/mol. The minimum Gasteiger partial charge on any atom is -0.454 e. The molecule has 0 bridgehead atoms. The molecule has 0 spiro atoms. The van der Waals surface area contributed by atoms with Crippen molar-refractivity contribution >= 4 is 28.4 Å². The van der Waals surface area contributed by atoms with E-state index in [0.29, 0.717) is 22.6 Å². The Morgan fingerprint density at radius 1 is 1.14 bits per heavy atom. The number of benzene rings is 2. The Bertz CT molecular complexity index is 734. The molecule has 4 nitrogen and oxygen atoms in total. The second-order valence-corrected chi connectivity index (χ2v) is 5.79. The summed E-state index contributed by atoms with van der Waals surface area (Å²) in [7, 11) is 0. The molecule has 0 radical (unpaired) electrons. The van der Waals surface area contributed by atoms with Gasteiger partial charge in [0.25, 0.3) is 0 Å². The fourth-order valence-corrected chi connectivity index (χ4v) is 2.52. The molecule has 1 atom stereocenters. The highest BCUT2D eigenvalue weighted by atomic mass is 127. The van der Waals surface area contributed by atoms with Crippen LogP contribution in [0.2, 0.25) is 0 Å². The first-order valence-electron chi connectivity index (χ1n) is 6.28. The van der Waals surface area contributed by atoms with E-state index >= 15 is 0 Å². The maximum atomic E-state index is 12.5. The summed E-state index contributed by atoms with van der Waals surface area (Å²) in [6.07, 6.45) is 0. The van der Waals surface area contributed by atoms with Crippen LogP contribution in [0.3, 0.4) is 0 Å². The van der Waals surface area contributed by atoms with Gasteiger partial charge in [-0.2, -0.15) is 5.26 Å². The number of hydrogen-bond acceptors (Lipinski definition) is 4. The lowest BCUT2D eigenvalue weighted by atomic mass is 9.91. The molecule has 3 rings (SSSR count). The van der Waals surface area contributed by atoms with Crippen LogP contribution in [0.1, 0.15) is 21.8 Å². The molecule has 1 unspecified atom stereocenters. The fourth-order valence-electron chi connectivity index (χ4n) is 2.16. The van der Waals surface area contributed by atoms with Crippen LogP contribution < -0.4 is 9.47 Å². The first kappa shape index (κ1) is 13.9. The van der Waals surface area contributed by atoms with E-state index in [1.165, 1.54) is 0 Å². The third-order valence-electron chi connectivity index (χ3n) is 3.25. The predicted molar refractivity (Wildman–Crippen MR) is 84.4 cm³/mol. The van der Waals surface area contributed by atoms with Crippen LogP contribution in [0.15, 0.2) is 42.5 Å². The van der Waals surface area contributed by atoms with Gasteiger partial charge in [0.2, 0.25) is 6.79 Å². The highest BCUT2D eigenvalue weighted by Gasteiger charge is 2.24. The van der Waals surface area contributed by atoms with Crippen molar-refractivity contribution in [2.75, 3.05) is 6.79 Å². The third-order valence-corrected chi connectivity index (χ3v) is 3.97. The van der Waals surface area contributed by atoms with E-state index in [0.717, 1.165) is 3.57 Å². The summed E-state index contributed by atoms with van der Waals surface area (Å²) in [4.78, 5) is 12.5. The summed E-state index contributed by atoms with van der Waals surface area (Å²) in [6, 6.07) is 14.4. The standard InChI is InChI=1S/C16H10INO3/c17-12-4-1-10(2-5-12)16(19)13(8-18)11-3-6-14-15(7-11)21-9-20-14/h1-7,13H,9H2. The van der Waals surface area contributed by atoms with Crippen LogP contribution in [-0.2, 0) is 0 Å². The van der Waals surface area contributed by atoms with E-state index in [4.69, 9.17) is 9.47 Å². The summed E-state index contributed by atoms with van der Waals surface area (Å²) in [5.41, 5.74) is 1.14. The van der Waals surface area contributed by atoms with E-state index in [1.54, 1.807) is 30.3 Å². The zero-order valence-corrected chi connectivity index (χ0v) is 13.0. The van der Waals surface area contributed by atoms with Gasteiger partial charge >= 0.3 is 0 Å². The van der Waals surface area contributed by atoms with Gasteiger partial charge in [0.15, 0.2) is 17.3 Å². The Hall–Kier alpha value is -2.07. The first-order chi connectivity index (χ1) is 10.2. The van der Waals surface area contributed by atoms with Gasteiger partial charge < -0.3 is 9.47 Å². The van der Waals surface area contributed by atoms with Crippen molar-refractivity contribution in [2.45, 2.75) is 5.92 Å². The number of nitrogens with zero attached hydrogens (tertiary/aromatic N) is 1. The van der Waals surface area contributed by atoms with Gasteiger partial charge in [-0.3, -0.25) is 4.79 Å². The summed E-state index contributed by atoms with van der Waals surface area (Å²) >= 11 is 2.17. The minimum absolute atomic E-state index is 0.168. The van der Waals surface area contributed by atoms with E-state index in [9.17, 15) is 10.1 Å². The Labute approximate surface area is 135 Å². The number of halogens is 1. The van der Waals surface area contributed by atoms with Crippen molar-refractivity contribution in [1.29, 1.82) is 5.26 Å². The number of carbonyl (C=O) groups is 1. The summed E-state index contributed by atoms with van der Waals surface area (Å²) < 4.78 is 11.6. The molecule has 21 heavy (non-hydrogen) atoms. The number of Topliss-reactive ketones (excluding diaryl/α,β-unsaturated/α-hetero) is 1. The first-order valence-corrected chi connectivity index (χ1v) is 7.36. The second kappa shape index (κ2) is 5.74. The summed E-state index contributed by atoms with van der Waals surface area (Å²) in [5.74, 6) is 0.146. The van der Waals surface area contributed by atoms with Gasteiger partial charge in [0.1, 0.15) is 5.92 Å². The third kappa shape index (κ3) is 2.72. The zero-order chi connectivity index (χ0) is 14.8. The number of nitriles is 1. The summed E-state index contributed by atoms with van der Waals surface area (Å²) in [6.45, 7) is 0.168. The maximum Gasteiger partial charge on any atom is 0.231 e. The van der Waals surface area contributed by atoms with Crippen molar-refractivity contribution in [1.82, 2.24) is 0 Å². The largest absolute Gasteiger partial charge is 0.454 e. The number of ketones is 1. The number of carbonyl (C=O) groups excluding carboxylic acids is 1. The molecule has 0 aliphatic carbocycles. The molecule has 0 amide bonds. The lowest BCUT2D eigenvalue weighted by Crippen LogP contribution is -2.11. The Morgan fingerprint density at radius 3 is 2.57 bits per heavy atom. The molecule has 1 heterocycles. The van der Waals surface area contributed by atoms with Gasteiger partial charge in [-0.25, -0.2) is 0 Å². The van der Waals surface area contributed by atoms with Crippen LogP contribution in [0, 0.1) is 14.9 Å². The van der Waals surface area contributed by atoms with Crippen molar-refractivity contribution in [3.8, 4) is 17.6 Å². The molecule has 0 aromatic heterocycles. The quantitative estimate of drug-likeness (QED) is 0.594. The molecule has 2 aromatic rings. The molecule has 0 saturated carbocycles. The molecule has 0 saturated heterocycles. The maximum absolute atomic E-state index is 12.5. The predicted octanol–water partition coefficient (Wildman–Crippen LogP) is 3.51. The second-order valence-electron chi connectivity index (χ2n) is 4.55. The van der Waals surface area contributed by atoms with Crippen molar-refractivity contribution in [3.05, 3.63) is 57.2 Å². The lowest BCUT2D eigenvalue weighted by Gasteiger charge is -2.09. The molecule has 0 N–H and O–H groups in total. The van der Waals surface area contributed by atoms with E-state index in [2.05, 4.69) is 28.7 Å². The van der Waals surface area contributed by atoms with E-state index < -0.39 is 5.92 Å². The molecular weight excluding hydrogens is 381 g/mol. The van der Waals surface area contributed by atoms with Crippen LogP contribution >= 0.6 is 22.6 Å². The number of ether oxygens (including phenoxy) is 2. The van der Waals surface area contributed by atoms with Gasteiger partial charge in [0, 0.05) is 9.13 Å². The Balaban J connectivity index is 1.93. The SMILES string of the molecule is N#CC(C(=O)c1ccc(I)cc1)c1ccc2c(c1)OCO2. The molecule has 104 valence electrons. The molecule has 2 aromatic carbocycles. The minimum atomic E-state index is -0.848. The molecule has 0 fully saturated rings. The van der Waals surface area contributed by atoms with E-state index in [1.807, 2.05) is 12.1 Å². The van der Waals surface area contributed by atoms with Gasteiger partial charge in [-0.15, -0.1) is 0 Å². The van der Waals surface area contributed by atoms with Crippen LogP contribution in [0.5, 0.6) is 11.5 Å². The number of hydrogen-bond donors (Lipinski definition) is 0. The van der Waals surface area contributed by atoms with Crippen LogP contribution in [0.25, 0.3) is 0 Å². The highest BCUT2D eigenvalue weighted by Crippen LogP contribution is 2.35. The van der Waals surface area contributed by atoms with Gasteiger partial charge in [-0.05, 0) is 52.4 Å². The van der Waals surface area contributed by atoms with Crippen molar-refractivity contribution in [3.63, 3.8) is 0 Å². The molecule has 1 aliphatic heterocycles. The Morgan fingerprint density at radius 2 is 1.86 bits per heavy atom. The van der Waals surface area contributed by atoms with Crippen LogP contribution in [-0.4, -0.2) is 12.6 Å². The van der Waals surface area contributed by atoms with Crippen LogP contribution in [0.4, 0.5) is 0 Å². The highest BCUT2D eigenvalue weighted by molar-refractivity contribution is 14.1. The normalized spacial score (nSPS) is 13.5. The molecule has 5 heteroatoms. The summed E-state index contributed by atoms with van der Waals surface area (Å²) in [5, 5.41) is 9.37. The average Bonchev–Trinajstić information content (AvgIpc) is 2.96. The Kier molecular flexibility index (Phi) is 3.80. The number of rotatable bonds is 3. The topological polar surface area (TPSA) is 59.3 Å². The average molecular weight is 391 g/mol.